The van der Waals surface area contributed by atoms with Gasteiger partial charge >= 0.3 is 0 Å². The van der Waals surface area contributed by atoms with Crippen molar-refractivity contribution in [2.45, 2.75) is 32.7 Å². The first-order valence-electron chi connectivity index (χ1n) is 7.77. The van der Waals surface area contributed by atoms with Crippen molar-refractivity contribution in [3.05, 3.63) is 29.8 Å². The van der Waals surface area contributed by atoms with Crippen molar-refractivity contribution < 1.29 is 9.53 Å². The molecule has 1 aromatic carbocycles. The van der Waals surface area contributed by atoms with Gasteiger partial charge in [0.25, 0.3) is 5.91 Å². The molecule has 116 valence electrons. The number of rotatable bonds is 5. The lowest BCUT2D eigenvalue weighted by Crippen LogP contribution is -2.43. The SMILES string of the molecule is COc1ccccc1C(=O)N1CCCC(CNC(C)C)C1. The van der Waals surface area contributed by atoms with Crippen LogP contribution in [0.1, 0.15) is 37.0 Å². The van der Waals surface area contributed by atoms with Crippen LogP contribution in [0, 0.1) is 5.92 Å². The average Bonchev–Trinajstić information content (AvgIpc) is 2.52. The minimum atomic E-state index is 0.0849. The third-order valence-electron chi connectivity index (χ3n) is 3.96. The molecule has 1 unspecified atom stereocenters. The second-order valence-corrected chi connectivity index (χ2v) is 6.02. The van der Waals surface area contributed by atoms with Gasteiger partial charge in [0.1, 0.15) is 5.75 Å². The molecule has 0 saturated carbocycles. The van der Waals surface area contributed by atoms with Crippen LogP contribution in [0.2, 0.25) is 0 Å². The number of carbonyl (C=O) groups excluding carboxylic acids is 1. The van der Waals surface area contributed by atoms with Crippen LogP contribution in [0.15, 0.2) is 24.3 Å². The number of amides is 1. The van der Waals surface area contributed by atoms with E-state index in [-0.39, 0.29) is 5.91 Å². The molecule has 1 atom stereocenters. The Balaban J connectivity index is 2.01. The van der Waals surface area contributed by atoms with E-state index >= 15 is 0 Å². The normalized spacial score (nSPS) is 18.9. The molecule has 0 aromatic heterocycles. The maximum atomic E-state index is 12.7. The highest BCUT2D eigenvalue weighted by molar-refractivity contribution is 5.97. The highest BCUT2D eigenvalue weighted by atomic mass is 16.5. The first-order chi connectivity index (χ1) is 10.1. The Labute approximate surface area is 127 Å². The lowest BCUT2D eigenvalue weighted by atomic mass is 9.97. The van der Waals surface area contributed by atoms with Crippen molar-refractivity contribution in [1.29, 1.82) is 0 Å². The number of ether oxygens (including phenoxy) is 1. The predicted molar refractivity (Wildman–Crippen MR) is 84.8 cm³/mol. The van der Waals surface area contributed by atoms with Crippen LogP contribution in [-0.4, -0.2) is 43.6 Å². The summed E-state index contributed by atoms with van der Waals surface area (Å²) in [6.45, 7) is 6.96. The van der Waals surface area contributed by atoms with Gasteiger partial charge in [0, 0.05) is 19.1 Å². The third kappa shape index (κ3) is 4.21. The lowest BCUT2D eigenvalue weighted by molar-refractivity contribution is 0.0669. The zero-order chi connectivity index (χ0) is 15.2. The first-order valence-corrected chi connectivity index (χ1v) is 7.77. The molecule has 1 aromatic rings. The van der Waals surface area contributed by atoms with Crippen molar-refractivity contribution in [2.75, 3.05) is 26.7 Å². The molecule has 1 aliphatic rings. The fourth-order valence-corrected chi connectivity index (χ4v) is 2.81. The molecule has 4 nitrogen and oxygen atoms in total. The van der Waals surface area contributed by atoms with Gasteiger partial charge in [-0.15, -0.1) is 0 Å². The Morgan fingerprint density at radius 1 is 1.43 bits per heavy atom. The van der Waals surface area contributed by atoms with Gasteiger partial charge in [0.2, 0.25) is 0 Å². The molecule has 0 spiro atoms. The first kappa shape index (κ1) is 15.8. The summed E-state index contributed by atoms with van der Waals surface area (Å²) in [4.78, 5) is 14.7. The van der Waals surface area contributed by atoms with Crippen LogP contribution in [0.3, 0.4) is 0 Å². The minimum absolute atomic E-state index is 0.0849. The molecular weight excluding hydrogens is 264 g/mol. The summed E-state index contributed by atoms with van der Waals surface area (Å²) in [6.07, 6.45) is 2.26. The van der Waals surface area contributed by atoms with E-state index in [9.17, 15) is 4.79 Å². The van der Waals surface area contributed by atoms with Crippen molar-refractivity contribution >= 4 is 5.91 Å². The molecule has 1 saturated heterocycles. The van der Waals surface area contributed by atoms with E-state index in [2.05, 4.69) is 19.2 Å². The van der Waals surface area contributed by atoms with E-state index in [0.29, 0.717) is 23.3 Å². The van der Waals surface area contributed by atoms with Crippen LogP contribution in [0.25, 0.3) is 0 Å². The molecule has 0 aliphatic carbocycles. The molecule has 1 fully saturated rings. The molecule has 4 heteroatoms. The Kier molecular flexibility index (Phi) is 5.62. The Hall–Kier alpha value is -1.55. The van der Waals surface area contributed by atoms with Crippen molar-refractivity contribution in [1.82, 2.24) is 10.2 Å². The maximum absolute atomic E-state index is 12.7. The molecule has 2 rings (SSSR count). The zero-order valence-corrected chi connectivity index (χ0v) is 13.3. The third-order valence-corrected chi connectivity index (χ3v) is 3.96. The number of benzene rings is 1. The van der Waals surface area contributed by atoms with Crippen LogP contribution < -0.4 is 10.1 Å². The second kappa shape index (κ2) is 7.46. The van der Waals surface area contributed by atoms with Crippen molar-refractivity contribution in [2.24, 2.45) is 5.92 Å². The van der Waals surface area contributed by atoms with E-state index in [4.69, 9.17) is 4.74 Å². The molecule has 1 amide bonds. The second-order valence-electron chi connectivity index (χ2n) is 6.02. The number of hydrogen-bond acceptors (Lipinski definition) is 3. The zero-order valence-electron chi connectivity index (χ0n) is 13.3. The predicted octanol–water partition coefficient (Wildman–Crippen LogP) is 2.55. The van der Waals surface area contributed by atoms with Gasteiger partial charge in [0.05, 0.1) is 12.7 Å². The topological polar surface area (TPSA) is 41.6 Å². The molecule has 0 radical (unpaired) electrons. The quantitative estimate of drug-likeness (QED) is 0.906. The van der Waals surface area contributed by atoms with E-state index in [1.807, 2.05) is 29.2 Å². The smallest absolute Gasteiger partial charge is 0.257 e. The average molecular weight is 290 g/mol. The molecule has 1 aliphatic heterocycles. The van der Waals surface area contributed by atoms with Gasteiger partial charge in [0.15, 0.2) is 0 Å². The number of carbonyl (C=O) groups is 1. The van der Waals surface area contributed by atoms with Gasteiger partial charge in [-0.05, 0) is 37.4 Å². The van der Waals surface area contributed by atoms with Crippen LogP contribution in [-0.2, 0) is 0 Å². The lowest BCUT2D eigenvalue weighted by Gasteiger charge is -2.33. The van der Waals surface area contributed by atoms with Crippen molar-refractivity contribution in [3.63, 3.8) is 0 Å². The number of para-hydroxylation sites is 1. The number of methoxy groups -OCH3 is 1. The number of nitrogens with one attached hydrogen (secondary N) is 1. The largest absolute Gasteiger partial charge is 0.496 e. The monoisotopic (exact) mass is 290 g/mol. The summed E-state index contributed by atoms with van der Waals surface area (Å²) in [5, 5.41) is 3.47. The highest BCUT2D eigenvalue weighted by Gasteiger charge is 2.25. The van der Waals surface area contributed by atoms with Crippen LogP contribution >= 0.6 is 0 Å². The summed E-state index contributed by atoms with van der Waals surface area (Å²) in [7, 11) is 1.61. The summed E-state index contributed by atoms with van der Waals surface area (Å²) in [5.74, 6) is 1.28. The maximum Gasteiger partial charge on any atom is 0.257 e. The fourth-order valence-electron chi connectivity index (χ4n) is 2.81. The van der Waals surface area contributed by atoms with E-state index in [1.165, 1.54) is 6.42 Å². The van der Waals surface area contributed by atoms with Gasteiger partial charge in [-0.25, -0.2) is 0 Å². The summed E-state index contributed by atoms with van der Waals surface area (Å²) in [5.41, 5.74) is 0.664. The summed E-state index contributed by atoms with van der Waals surface area (Å²) >= 11 is 0. The Morgan fingerprint density at radius 2 is 2.19 bits per heavy atom. The summed E-state index contributed by atoms with van der Waals surface area (Å²) < 4.78 is 5.30. The molecule has 0 bridgehead atoms. The standard InChI is InChI=1S/C17H26N2O2/c1-13(2)18-11-14-7-6-10-19(12-14)17(20)15-8-4-5-9-16(15)21-3/h4-5,8-9,13-14,18H,6-7,10-12H2,1-3H3. The number of likely N-dealkylation sites (tertiary alicyclic amines) is 1. The molecular formula is C17H26N2O2. The van der Waals surface area contributed by atoms with Gasteiger partial charge in [-0.3, -0.25) is 4.79 Å². The number of piperidine rings is 1. The fraction of sp³-hybridized carbons (Fsp3) is 0.588. The highest BCUT2D eigenvalue weighted by Crippen LogP contribution is 2.23. The van der Waals surface area contributed by atoms with Gasteiger partial charge in [-0.1, -0.05) is 26.0 Å². The van der Waals surface area contributed by atoms with E-state index in [1.54, 1.807) is 7.11 Å². The molecule has 1 N–H and O–H groups in total. The Morgan fingerprint density at radius 3 is 2.90 bits per heavy atom. The van der Waals surface area contributed by atoms with Crippen LogP contribution in [0.5, 0.6) is 5.75 Å². The molecule has 21 heavy (non-hydrogen) atoms. The van der Waals surface area contributed by atoms with Gasteiger partial charge in [-0.2, -0.15) is 0 Å². The van der Waals surface area contributed by atoms with Crippen LogP contribution in [0.4, 0.5) is 0 Å². The summed E-state index contributed by atoms with van der Waals surface area (Å²) in [6, 6.07) is 7.95. The van der Waals surface area contributed by atoms with Crippen molar-refractivity contribution in [3.8, 4) is 5.75 Å². The van der Waals surface area contributed by atoms with E-state index in [0.717, 1.165) is 26.1 Å². The van der Waals surface area contributed by atoms with Gasteiger partial charge < -0.3 is 15.0 Å². The number of nitrogens with zero attached hydrogens (tertiary/aromatic N) is 1. The molecule has 1 heterocycles. The minimum Gasteiger partial charge on any atom is -0.496 e. The number of hydrogen-bond donors (Lipinski definition) is 1. The van der Waals surface area contributed by atoms with E-state index < -0.39 is 0 Å². The Bertz CT molecular complexity index is 474.